The quantitative estimate of drug-likeness (QED) is 0.814. The molecule has 18 heavy (non-hydrogen) atoms. The summed E-state index contributed by atoms with van der Waals surface area (Å²) >= 11 is 3.84. The third-order valence-corrected chi connectivity index (χ3v) is 5.64. The molecule has 2 rings (SSSR count). The van der Waals surface area contributed by atoms with Gasteiger partial charge >= 0.3 is 0 Å². The van der Waals surface area contributed by atoms with E-state index in [1.807, 2.05) is 23.1 Å². The fraction of sp³-hybridized carbons (Fsp3) is 0.714. The normalized spacial score (nSPS) is 21.8. The zero-order valence-electron chi connectivity index (χ0n) is 11.4. The molecule has 4 heteroatoms. The molecule has 1 aliphatic rings. The molecule has 0 amide bonds. The van der Waals surface area contributed by atoms with Crippen molar-refractivity contribution in [1.82, 2.24) is 4.90 Å². The van der Waals surface area contributed by atoms with Crippen LogP contribution >= 0.6 is 23.1 Å². The van der Waals surface area contributed by atoms with Crippen LogP contribution in [0.2, 0.25) is 0 Å². The standard InChI is InChI=1S/C14H24N2S2/c1-11-13-6-9-18-14(13)5-7-16(11)12(10-15)4-3-8-17-2/h6,9,11-12H,3-5,7-8,10,15H2,1-2H3. The third-order valence-electron chi connectivity index (χ3n) is 3.95. The molecule has 0 spiro atoms. The number of fused-ring (bicyclic) bond motifs is 1. The second kappa shape index (κ2) is 6.94. The number of nitrogens with zero attached hydrogens (tertiary/aromatic N) is 1. The molecule has 0 bridgehead atoms. The summed E-state index contributed by atoms with van der Waals surface area (Å²) in [4.78, 5) is 4.20. The van der Waals surface area contributed by atoms with Gasteiger partial charge in [0.05, 0.1) is 0 Å². The minimum atomic E-state index is 0.544. The Morgan fingerprint density at radius 3 is 3.17 bits per heavy atom. The molecule has 0 aliphatic carbocycles. The number of hydrogen-bond donors (Lipinski definition) is 1. The Labute approximate surface area is 119 Å². The summed E-state index contributed by atoms with van der Waals surface area (Å²) in [6.45, 7) is 4.30. The van der Waals surface area contributed by atoms with Gasteiger partial charge in [0, 0.05) is 30.1 Å². The first-order valence-corrected chi connectivity index (χ1v) is 9.06. The summed E-state index contributed by atoms with van der Waals surface area (Å²) in [6, 6.07) is 3.40. The molecule has 2 unspecified atom stereocenters. The Kier molecular flexibility index (Phi) is 5.55. The van der Waals surface area contributed by atoms with E-state index in [1.165, 1.54) is 37.1 Å². The van der Waals surface area contributed by atoms with Crippen LogP contribution in [-0.2, 0) is 6.42 Å². The summed E-state index contributed by atoms with van der Waals surface area (Å²) in [5.41, 5.74) is 7.53. The van der Waals surface area contributed by atoms with Gasteiger partial charge in [0.25, 0.3) is 0 Å². The van der Waals surface area contributed by atoms with Gasteiger partial charge in [0.15, 0.2) is 0 Å². The van der Waals surface area contributed by atoms with Crippen molar-refractivity contribution in [3.05, 3.63) is 21.9 Å². The van der Waals surface area contributed by atoms with Crippen molar-refractivity contribution in [1.29, 1.82) is 0 Å². The second-order valence-corrected chi connectivity index (χ2v) is 6.97. The largest absolute Gasteiger partial charge is 0.329 e. The highest BCUT2D eigenvalue weighted by Crippen LogP contribution is 2.34. The zero-order valence-corrected chi connectivity index (χ0v) is 13.0. The Morgan fingerprint density at radius 2 is 2.44 bits per heavy atom. The Bertz CT molecular complexity index is 364. The van der Waals surface area contributed by atoms with E-state index in [0.29, 0.717) is 12.1 Å². The van der Waals surface area contributed by atoms with Gasteiger partial charge in [-0.15, -0.1) is 11.3 Å². The van der Waals surface area contributed by atoms with Gasteiger partial charge < -0.3 is 5.73 Å². The second-order valence-electron chi connectivity index (χ2n) is 4.99. The molecule has 2 N–H and O–H groups in total. The van der Waals surface area contributed by atoms with E-state index < -0.39 is 0 Å². The summed E-state index contributed by atoms with van der Waals surface area (Å²) < 4.78 is 0. The number of nitrogens with two attached hydrogens (primary N) is 1. The molecule has 0 aromatic carbocycles. The highest BCUT2D eigenvalue weighted by atomic mass is 32.2. The van der Waals surface area contributed by atoms with E-state index in [0.717, 1.165) is 6.54 Å². The van der Waals surface area contributed by atoms with Crippen molar-refractivity contribution < 1.29 is 0 Å². The highest BCUT2D eigenvalue weighted by molar-refractivity contribution is 7.98. The number of hydrogen-bond acceptors (Lipinski definition) is 4. The van der Waals surface area contributed by atoms with Crippen LogP contribution in [0, 0.1) is 0 Å². The van der Waals surface area contributed by atoms with Gasteiger partial charge in [0.2, 0.25) is 0 Å². The molecule has 1 aliphatic heterocycles. The summed E-state index contributed by atoms with van der Waals surface area (Å²) in [5.74, 6) is 1.25. The van der Waals surface area contributed by atoms with E-state index in [2.05, 4.69) is 29.5 Å². The summed E-state index contributed by atoms with van der Waals surface area (Å²) in [7, 11) is 0. The van der Waals surface area contributed by atoms with Crippen molar-refractivity contribution >= 4 is 23.1 Å². The van der Waals surface area contributed by atoms with Crippen LogP contribution in [0.25, 0.3) is 0 Å². The predicted molar refractivity (Wildman–Crippen MR) is 83.6 cm³/mol. The van der Waals surface area contributed by atoms with Gasteiger partial charge in [-0.1, -0.05) is 0 Å². The predicted octanol–water partition coefficient (Wildman–Crippen LogP) is 3.14. The van der Waals surface area contributed by atoms with E-state index in [4.69, 9.17) is 5.73 Å². The van der Waals surface area contributed by atoms with Crippen LogP contribution in [-0.4, -0.2) is 36.0 Å². The average molecular weight is 284 g/mol. The van der Waals surface area contributed by atoms with Gasteiger partial charge in [-0.25, -0.2) is 0 Å². The lowest BCUT2D eigenvalue weighted by Gasteiger charge is -2.39. The maximum absolute atomic E-state index is 6.00. The van der Waals surface area contributed by atoms with E-state index in [-0.39, 0.29) is 0 Å². The molecular formula is C14H24N2S2. The topological polar surface area (TPSA) is 29.3 Å². The Morgan fingerprint density at radius 1 is 1.61 bits per heavy atom. The van der Waals surface area contributed by atoms with Crippen LogP contribution in [0.5, 0.6) is 0 Å². The SMILES string of the molecule is CSCCCC(CN)N1CCc2sccc2C1C. The monoisotopic (exact) mass is 284 g/mol. The summed E-state index contributed by atoms with van der Waals surface area (Å²) in [6.07, 6.45) is 5.90. The molecule has 2 atom stereocenters. The van der Waals surface area contributed by atoms with Crippen molar-refractivity contribution in [2.75, 3.05) is 25.1 Å². The molecule has 102 valence electrons. The number of rotatable bonds is 6. The molecule has 0 saturated carbocycles. The fourth-order valence-corrected chi connectivity index (χ4v) is 4.33. The van der Waals surface area contributed by atoms with Crippen molar-refractivity contribution in [2.45, 2.75) is 38.3 Å². The van der Waals surface area contributed by atoms with Gasteiger partial charge in [0.1, 0.15) is 0 Å². The van der Waals surface area contributed by atoms with Gasteiger partial charge in [-0.2, -0.15) is 11.8 Å². The third kappa shape index (κ3) is 3.10. The first kappa shape index (κ1) is 14.4. The number of thiophene rings is 1. The van der Waals surface area contributed by atoms with E-state index in [1.54, 1.807) is 4.88 Å². The molecule has 0 saturated heterocycles. The lowest BCUT2D eigenvalue weighted by atomic mass is 9.97. The Hall–Kier alpha value is -0.0300. The molecule has 0 fully saturated rings. The maximum atomic E-state index is 6.00. The van der Waals surface area contributed by atoms with E-state index >= 15 is 0 Å². The summed E-state index contributed by atoms with van der Waals surface area (Å²) in [5, 5.41) is 2.23. The van der Waals surface area contributed by atoms with Crippen LogP contribution in [0.1, 0.15) is 36.2 Å². The first-order valence-electron chi connectivity index (χ1n) is 6.79. The van der Waals surface area contributed by atoms with Gasteiger partial charge in [-0.05, 0) is 55.2 Å². The lowest BCUT2D eigenvalue weighted by Crippen LogP contribution is -2.45. The van der Waals surface area contributed by atoms with Crippen molar-refractivity contribution in [3.63, 3.8) is 0 Å². The molecule has 2 nitrogen and oxygen atoms in total. The Balaban J connectivity index is 1.99. The smallest absolute Gasteiger partial charge is 0.0334 e. The minimum absolute atomic E-state index is 0.544. The van der Waals surface area contributed by atoms with Crippen LogP contribution in [0.3, 0.4) is 0 Å². The van der Waals surface area contributed by atoms with Gasteiger partial charge in [-0.3, -0.25) is 4.90 Å². The van der Waals surface area contributed by atoms with Crippen LogP contribution in [0.4, 0.5) is 0 Å². The molecular weight excluding hydrogens is 260 g/mol. The fourth-order valence-electron chi connectivity index (χ4n) is 2.91. The molecule has 2 heterocycles. The average Bonchev–Trinajstić information content (AvgIpc) is 2.85. The lowest BCUT2D eigenvalue weighted by molar-refractivity contribution is 0.131. The zero-order chi connectivity index (χ0) is 13.0. The first-order chi connectivity index (χ1) is 8.77. The minimum Gasteiger partial charge on any atom is -0.329 e. The van der Waals surface area contributed by atoms with Crippen molar-refractivity contribution in [2.24, 2.45) is 5.73 Å². The molecule has 1 aromatic rings. The molecule has 1 aromatic heterocycles. The van der Waals surface area contributed by atoms with E-state index in [9.17, 15) is 0 Å². The van der Waals surface area contributed by atoms with Crippen molar-refractivity contribution in [3.8, 4) is 0 Å². The highest BCUT2D eigenvalue weighted by Gasteiger charge is 2.29. The number of thioether (sulfide) groups is 1. The maximum Gasteiger partial charge on any atom is 0.0334 e. The van der Waals surface area contributed by atoms with Crippen LogP contribution < -0.4 is 5.73 Å². The molecule has 0 radical (unpaired) electrons. The van der Waals surface area contributed by atoms with Crippen LogP contribution in [0.15, 0.2) is 11.4 Å².